The molecule has 6 heteroatoms. The van der Waals surface area contributed by atoms with Crippen LogP contribution >= 0.6 is 27.7 Å². The molecule has 3 aromatic rings. The van der Waals surface area contributed by atoms with Crippen LogP contribution in [0.2, 0.25) is 0 Å². The Labute approximate surface area is 215 Å². The molecule has 2 amide bonds. The van der Waals surface area contributed by atoms with E-state index >= 15 is 0 Å². The molecule has 1 N–H and O–H groups in total. The highest BCUT2D eigenvalue weighted by molar-refractivity contribution is 9.10. The van der Waals surface area contributed by atoms with Crippen molar-refractivity contribution in [2.24, 2.45) is 0 Å². The van der Waals surface area contributed by atoms with E-state index in [-0.39, 0.29) is 17.6 Å². The molecule has 0 spiro atoms. The number of thioether (sulfide) groups is 1. The predicted molar refractivity (Wildman–Crippen MR) is 144 cm³/mol. The van der Waals surface area contributed by atoms with E-state index in [9.17, 15) is 9.59 Å². The van der Waals surface area contributed by atoms with Gasteiger partial charge in [-0.3, -0.25) is 9.59 Å². The maximum atomic E-state index is 13.6. The van der Waals surface area contributed by atoms with Gasteiger partial charge in [0.25, 0.3) is 0 Å². The Balaban J connectivity index is 1.91. The maximum absolute atomic E-state index is 13.6. The van der Waals surface area contributed by atoms with Gasteiger partial charge in [0.1, 0.15) is 6.04 Å². The molecule has 0 saturated heterocycles. The van der Waals surface area contributed by atoms with Gasteiger partial charge in [0, 0.05) is 27.9 Å². The Hall–Kier alpha value is -2.57. The number of carbonyl (C=O) groups excluding carboxylic acids is 2. The van der Waals surface area contributed by atoms with E-state index in [1.165, 1.54) is 11.8 Å². The van der Waals surface area contributed by atoms with Crippen molar-refractivity contribution in [2.45, 2.75) is 50.2 Å². The van der Waals surface area contributed by atoms with Gasteiger partial charge in [-0.15, -0.1) is 11.8 Å². The number of rotatable bonds is 9. The van der Waals surface area contributed by atoms with Gasteiger partial charge in [0.15, 0.2) is 0 Å². The second kappa shape index (κ2) is 12.2. The van der Waals surface area contributed by atoms with Gasteiger partial charge in [-0.1, -0.05) is 76.6 Å². The summed E-state index contributed by atoms with van der Waals surface area (Å²) in [6.07, 6.45) is 0.445. The van der Waals surface area contributed by atoms with Gasteiger partial charge < -0.3 is 10.2 Å². The largest absolute Gasteiger partial charge is 0.350 e. The molecule has 0 radical (unpaired) electrons. The third kappa shape index (κ3) is 8.33. The fourth-order valence-electron chi connectivity index (χ4n) is 3.54. The SMILES string of the molecule is CC(C)(C)NC(=O)[C@H](Cc1ccccc1)N(Cc1ccc(Br)cc1)C(=O)CSc1ccccc1. The first-order chi connectivity index (χ1) is 16.2. The molecule has 178 valence electrons. The van der Waals surface area contributed by atoms with E-state index in [1.54, 1.807) is 4.90 Å². The Bertz CT molecular complexity index is 1070. The van der Waals surface area contributed by atoms with Crippen LogP contribution in [0, 0.1) is 0 Å². The van der Waals surface area contributed by atoms with Crippen molar-refractivity contribution in [1.29, 1.82) is 0 Å². The molecule has 0 aromatic heterocycles. The van der Waals surface area contributed by atoms with E-state index < -0.39 is 11.6 Å². The van der Waals surface area contributed by atoms with Crippen LogP contribution < -0.4 is 5.32 Å². The molecule has 0 aliphatic heterocycles. The van der Waals surface area contributed by atoms with Crippen LogP contribution in [0.15, 0.2) is 94.3 Å². The lowest BCUT2D eigenvalue weighted by Crippen LogP contribution is -2.54. The van der Waals surface area contributed by atoms with Crippen LogP contribution in [0.1, 0.15) is 31.9 Å². The molecule has 34 heavy (non-hydrogen) atoms. The monoisotopic (exact) mass is 538 g/mol. The standard InChI is InChI=1S/C28H31BrN2O2S/c1-28(2,3)30-27(33)25(18-21-10-6-4-7-11-21)31(19-22-14-16-23(29)17-15-22)26(32)20-34-24-12-8-5-9-13-24/h4-17,25H,18-20H2,1-3H3,(H,30,33)/t25-/m0/s1. The summed E-state index contributed by atoms with van der Waals surface area (Å²) >= 11 is 4.96. The van der Waals surface area contributed by atoms with E-state index in [4.69, 9.17) is 0 Å². The molecule has 0 fully saturated rings. The minimum absolute atomic E-state index is 0.0678. The third-order valence-corrected chi connectivity index (χ3v) is 6.67. The van der Waals surface area contributed by atoms with E-state index in [2.05, 4.69) is 21.2 Å². The highest BCUT2D eigenvalue weighted by Crippen LogP contribution is 2.22. The van der Waals surface area contributed by atoms with E-state index in [0.717, 1.165) is 20.5 Å². The minimum Gasteiger partial charge on any atom is -0.350 e. The van der Waals surface area contributed by atoms with Crippen molar-refractivity contribution in [3.05, 3.63) is 101 Å². The lowest BCUT2D eigenvalue weighted by atomic mass is 10.0. The fraction of sp³-hybridized carbons (Fsp3) is 0.286. The molecule has 0 heterocycles. The third-order valence-electron chi connectivity index (χ3n) is 5.14. The van der Waals surface area contributed by atoms with Crippen molar-refractivity contribution in [3.8, 4) is 0 Å². The zero-order chi connectivity index (χ0) is 24.6. The van der Waals surface area contributed by atoms with E-state index in [0.29, 0.717) is 13.0 Å². The van der Waals surface area contributed by atoms with Crippen LogP contribution in [-0.2, 0) is 22.6 Å². The van der Waals surface area contributed by atoms with Crippen molar-refractivity contribution in [1.82, 2.24) is 10.2 Å². The molecular weight excluding hydrogens is 508 g/mol. The average Bonchev–Trinajstić information content (AvgIpc) is 2.81. The Morgan fingerprint density at radius 3 is 2.06 bits per heavy atom. The Morgan fingerprint density at radius 1 is 0.882 bits per heavy atom. The second-order valence-corrected chi connectivity index (χ2v) is 11.2. The highest BCUT2D eigenvalue weighted by atomic mass is 79.9. The number of amides is 2. The number of benzene rings is 3. The number of hydrogen-bond acceptors (Lipinski definition) is 3. The fourth-order valence-corrected chi connectivity index (χ4v) is 4.61. The van der Waals surface area contributed by atoms with Gasteiger partial charge in [0.05, 0.1) is 5.75 Å². The summed E-state index contributed by atoms with van der Waals surface area (Å²) in [6.45, 7) is 6.22. The van der Waals surface area contributed by atoms with Crippen LogP contribution in [0.4, 0.5) is 0 Å². The Morgan fingerprint density at radius 2 is 1.47 bits per heavy atom. The van der Waals surface area contributed by atoms with Gasteiger partial charge in [-0.2, -0.15) is 0 Å². The lowest BCUT2D eigenvalue weighted by molar-refractivity contribution is -0.140. The van der Waals surface area contributed by atoms with E-state index in [1.807, 2.05) is 106 Å². The predicted octanol–water partition coefficient (Wildman–Crippen LogP) is 6.10. The zero-order valence-corrected chi connectivity index (χ0v) is 22.2. The first kappa shape index (κ1) is 26.0. The average molecular weight is 540 g/mol. The van der Waals surface area contributed by atoms with Crippen molar-refractivity contribution < 1.29 is 9.59 Å². The summed E-state index contributed by atoms with van der Waals surface area (Å²) in [5.41, 5.74) is 1.58. The van der Waals surface area contributed by atoms with Crippen LogP contribution in [-0.4, -0.2) is 34.0 Å². The van der Waals surface area contributed by atoms with Crippen molar-refractivity contribution in [3.63, 3.8) is 0 Å². The van der Waals surface area contributed by atoms with Gasteiger partial charge in [-0.05, 0) is 56.2 Å². The molecule has 0 unspecified atom stereocenters. The quantitative estimate of drug-likeness (QED) is 0.335. The molecule has 1 atom stereocenters. The first-order valence-electron chi connectivity index (χ1n) is 11.3. The summed E-state index contributed by atoms with van der Waals surface area (Å²) in [6, 6.07) is 27.0. The topological polar surface area (TPSA) is 49.4 Å². The lowest BCUT2D eigenvalue weighted by Gasteiger charge is -2.34. The summed E-state index contributed by atoms with van der Waals surface area (Å²) in [4.78, 5) is 29.9. The molecule has 3 rings (SSSR count). The first-order valence-corrected chi connectivity index (χ1v) is 13.1. The number of nitrogens with zero attached hydrogens (tertiary/aromatic N) is 1. The molecule has 0 saturated carbocycles. The van der Waals surface area contributed by atoms with Gasteiger partial charge >= 0.3 is 0 Å². The normalized spacial score (nSPS) is 12.1. The van der Waals surface area contributed by atoms with Gasteiger partial charge in [-0.25, -0.2) is 0 Å². The molecule has 0 aliphatic rings. The highest BCUT2D eigenvalue weighted by Gasteiger charge is 2.32. The van der Waals surface area contributed by atoms with Crippen molar-refractivity contribution in [2.75, 3.05) is 5.75 Å². The number of halogens is 1. The summed E-state index contributed by atoms with van der Waals surface area (Å²) < 4.78 is 0.972. The molecular formula is C28H31BrN2O2S. The number of nitrogens with one attached hydrogen (secondary N) is 1. The summed E-state index contributed by atoms with van der Waals surface area (Å²) in [7, 11) is 0. The molecule has 0 aliphatic carbocycles. The smallest absolute Gasteiger partial charge is 0.243 e. The maximum Gasteiger partial charge on any atom is 0.243 e. The second-order valence-electron chi connectivity index (χ2n) is 9.19. The van der Waals surface area contributed by atoms with Crippen molar-refractivity contribution >= 4 is 39.5 Å². The minimum atomic E-state index is -0.630. The number of carbonyl (C=O) groups is 2. The Kier molecular flexibility index (Phi) is 9.36. The summed E-state index contributed by atoms with van der Waals surface area (Å²) in [5.74, 6) is 0.0440. The molecule has 3 aromatic carbocycles. The van der Waals surface area contributed by atoms with Crippen LogP contribution in [0.3, 0.4) is 0 Å². The van der Waals surface area contributed by atoms with Crippen LogP contribution in [0.5, 0.6) is 0 Å². The number of hydrogen-bond donors (Lipinski definition) is 1. The zero-order valence-electron chi connectivity index (χ0n) is 19.8. The molecule has 0 bridgehead atoms. The summed E-state index contributed by atoms with van der Waals surface area (Å²) in [5, 5.41) is 3.10. The van der Waals surface area contributed by atoms with Gasteiger partial charge in [0.2, 0.25) is 11.8 Å². The van der Waals surface area contributed by atoms with Crippen LogP contribution in [0.25, 0.3) is 0 Å². The molecule has 4 nitrogen and oxygen atoms in total.